The number of guanidine groups is 1. The number of aliphatic imine (C=N–C) groups is 1. The highest BCUT2D eigenvalue weighted by Gasteiger charge is 2.09. The van der Waals surface area contributed by atoms with Gasteiger partial charge in [0.2, 0.25) is 0 Å². The van der Waals surface area contributed by atoms with E-state index < -0.39 is 0 Å². The van der Waals surface area contributed by atoms with Gasteiger partial charge in [0.1, 0.15) is 5.75 Å². The molecule has 1 atom stereocenters. The third-order valence-electron chi connectivity index (χ3n) is 4.22. The van der Waals surface area contributed by atoms with Gasteiger partial charge >= 0.3 is 0 Å². The predicted octanol–water partition coefficient (Wildman–Crippen LogP) is 3.33. The van der Waals surface area contributed by atoms with Crippen molar-refractivity contribution in [2.45, 2.75) is 25.9 Å². The molecule has 0 spiro atoms. The van der Waals surface area contributed by atoms with Gasteiger partial charge in [-0.15, -0.1) is 0 Å². The molecule has 2 rings (SSSR count). The van der Waals surface area contributed by atoms with Gasteiger partial charge in [-0.3, -0.25) is 9.89 Å². The molecule has 2 aromatic carbocycles. The number of ether oxygens (including phenoxy) is 1. The Hall–Kier alpha value is -2.53. The van der Waals surface area contributed by atoms with Crippen LogP contribution < -0.4 is 15.8 Å². The molecule has 0 aliphatic rings. The summed E-state index contributed by atoms with van der Waals surface area (Å²) in [7, 11) is 3.79. The standard InChI is InChI=1S/C20H28N4O/c1-16(24(2)15-17-7-5-4-6-8-17)13-14-22-20(21)23-18-9-11-19(25-3)12-10-18/h4-12,16H,13-15H2,1-3H3,(H3,21,22,23). The van der Waals surface area contributed by atoms with Gasteiger partial charge in [-0.2, -0.15) is 0 Å². The molecule has 0 aliphatic heterocycles. The first-order chi connectivity index (χ1) is 12.1. The lowest BCUT2D eigenvalue weighted by molar-refractivity contribution is 0.240. The Kier molecular flexibility index (Phi) is 7.29. The van der Waals surface area contributed by atoms with Crippen LogP contribution in [-0.4, -0.2) is 37.6 Å². The molecule has 0 heterocycles. The maximum absolute atomic E-state index is 5.96. The zero-order valence-corrected chi connectivity index (χ0v) is 15.3. The Labute approximate surface area is 150 Å². The van der Waals surface area contributed by atoms with Crippen LogP contribution in [0.5, 0.6) is 5.75 Å². The number of anilines is 1. The average molecular weight is 340 g/mol. The topological polar surface area (TPSA) is 62.9 Å². The minimum Gasteiger partial charge on any atom is -0.497 e. The Morgan fingerprint density at radius 1 is 1.16 bits per heavy atom. The molecule has 0 radical (unpaired) electrons. The van der Waals surface area contributed by atoms with Gasteiger partial charge in [-0.05, 0) is 50.2 Å². The normalized spacial score (nSPS) is 12.9. The number of methoxy groups -OCH3 is 1. The van der Waals surface area contributed by atoms with E-state index in [0.717, 1.165) is 24.4 Å². The number of rotatable bonds is 8. The molecule has 0 aromatic heterocycles. The number of nitrogens with two attached hydrogens (primary N) is 1. The van der Waals surface area contributed by atoms with E-state index in [0.29, 0.717) is 18.5 Å². The van der Waals surface area contributed by atoms with E-state index in [2.05, 4.69) is 53.4 Å². The van der Waals surface area contributed by atoms with Crippen LogP contribution in [0, 0.1) is 0 Å². The van der Waals surface area contributed by atoms with Gasteiger partial charge in [0.15, 0.2) is 5.96 Å². The summed E-state index contributed by atoms with van der Waals surface area (Å²) in [5.41, 5.74) is 8.18. The molecular weight excluding hydrogens is 312 g/mol. The fourth-order valence-corrected chi connectivity index (χ4v) is 2.48. The van der Waals surface area contributed by atoms with E-state index in [4.69, 9.17) is 10.5 Å². The Morgan fingerprint density at radius 2 is 1.84 bits per heavy atom. The molecule has 5 heteroatoms. The number of nitrogens with zero attached hydrogens (tertiary/aromatic N) is 2. The summed E-state index contributed by atoms with van der Waals surface area (Å²) in [4.78, 5) is 6.75. The number of hydrogen-bond donors (Lipinski definition) is 2. The molecule has 5 nitrogen and oxygen atoms in total. The van der Waals surface area contributed by atoms with Crippen molar-refractivity contribution in [1.29, 1.82) is 0 Å². The van der Waals surface area contributed by atoms with Crippen LogP contribution in [0.1, 0.15) is 18.9 Å². The minimum atomic E-state index is 0.428. The molecule has 0 fully saturated rings. The van der Waals surface area contributed by atoms with Gasteiger partial charge in [0.25, 0.3) is 0 Å². The second-order valence-corrected chi connectivity index (χ2v) is 6.16. The number of nitrogens with one attached hydrogen (secondary N) is 1. The van der Waals surface area contributed by atoms with E-state index in [1.54, 1.807) is 7.11 Å². The molecule has 1 unspecified atom stereocenters. The third kappa shape index (κ3) is 6.47. The van der Waals surface area contributed by atoms with E-state index >= 15 is 0 Å². The molecule has 134 valence electrons. The monoisotopic (exact) mass is 340 g/mol. The van der Waals surface area contributed by atoms with Crippen molar-refractivity contribution >= 4 is 11.6 Å². The maximum Gasteiger partial charge on any atom is 0.193 e. The van der Waals surface area contributed by atoms with Gasteiger partial charge in [0, 0.05) is 24.8 Å². The Morgan fingerprint density at radius 3 is 2.48 bits per heavy atom. The van der Waals surface area contributed by atoms with Crippen LogP contribution in [-0.2, 0) is 6.54 Å². The number of benzene rings is 2. The van der Waals surface area contributed by atoms with Gasteiger partial charge in [0.05, 0.1) is 7.11 Å². The summed E-state index contributed by atoms with van der Waals surface area (Å²) in [6.45, 7) is 3.84. The van der Waals surface area contributed by atoms with Crippen LogP contribution in [0.15, 0.2) is 59.6 Å². The first-order valence-corrected chi connectivity index (χ1v) is 8.53. The second-order valence-electron chi connectivity index (χ2n) is 6.16. The third-order valence-corrected chi connectivity index (χ3v) is 4.22. The maximum atomic E-state index is 5.96. The molecule has 3 N–H and O–H groups in total. The van der Waals surface area contributed by atoms with E-state index in [1.807, 2.05) is 30.3 Å². The lowest BCUT2D eigenvalue weighted by Gasteiger charge is -2.24. The van der Waals surface area contributed by atoms with Crippen molar-refractivity contribution in [3.63, 3.8) is 0 Å². The zero-order chi connectivity index (χ0) is 18.1. The molecule has 0 saturated carbocycles. The second kappa shape index (κ2) is 9.69. The van der Waals surface area contributed by atoms with Crippen molar-refractivity contribution in [2.24, 2.45) is 10.7 Å². The summed E-state index contributed by atoms with van der Waals surface area (Å²) in [6, 6.07) is 18.5. The van der Waals surface area contributed by atoms with E-state index in [9.17, 15) is 0 Å². The minimum absolute atomic E-state index is 0.428. The predicted molar refractivity (Wildman–Crippen MR) is 105 cm³/mol. The van der Waals surface area contributed by atoms with E-state index in [-0.39, 0.29) is 0 Å². The summed E-state index contributed by atoms with van der Waals surface area (Å²) in [5.74, 6) is 1.25. The smallest absolute Gasteiger partial charge is 0.193 e. The molecule has 0 bridgehead atoms. The zero-order valence-electron chi connectivity index (χ0n) is 15.3. The van der Waals surface area contributed by atoms with Crippen molar-refractivity contribution < 1.29 is 4.74 Å². The van der Waals surface area contributed by atoms with Gasteiger partial charge in [-0.1, -0.05) is 30.3 Å². The Bertz CT molecular complexity index is 655. The summed E-state index contributed by atoms with van der Waals surface area (Å²) >= 11 is 0. The molecular formula is C20H28N4O. The van der Waals surface area contributed by atoms with Crippen molar-refractivity contribution in [3.05, 3.63) is 60.2 Å². The quantitative estimate of drug-likeness (QED) is 0.571. The van der Waals surface area contributed by atoms with Crippen molar-refractivity contribution in [2.75, 3.05) is 26.0 Å². The average Bonchev–Trinajstić information content (AvgIpc) is 2.63. The lowest BCUT2D eigenvalue weighted by atomic mass is 10.1. The van der Waals surface area contributed by atoms with Gasteiger partial charge in [-0.25, -0.2) is 0 Å². The van der Waals surface area contributed by atoms with E-state index in [1.165, 1.54) is 5.56 Å². The fraction of sp³-hybridized carbons (Fsp3) is 0.350. The highest BCUT2D eigenvalue weighted by molar-refractivity contribution is 5.92. The number of hydrogen-bond acceptors (Lipinski definition) is 3. The van der Waals surface area contributed by atoms with Gasteiger partial charge < -0.3 is 15.8 Å². The Balaban J connectivity index is 1.76. The summed E-state index contributed by atoms with van der Waals surface area (Å²) in [6.07, 6.45) is 0.953. The highest BCUT2D eigenvalue weighted by atomic mass is 16.5. The van der Waals surface area contributed by atoms with Crippen LogP contribution in [0.25, 0.3) is 0 Å². The molecule has 2 aromatic rings. The molecule has 0 saturated heterocycles. The van der Waals surface area contributed by atoms with Crippen molar-refractivity contribution in [1.82, 2.24) is 4.90 Å². The summed E-state index contributed by atoms with van der Waals surface area (Å²) in [5, 5.41) is 3.09. The van der Waals surface area contributed by atoms with Crippen LogP contribution in [0.2, 0.25) is 0 Å². The first-order valence-electron chi connectivity index (χ1n) is 8.53. The summed E-state index contributed by atoms with van der Waals surface area (Å²) < 4.78 is 5.14. The fourth-order valence-electron chi connectivity index (χ4n) is 2.48. The molecule has 25 heavy (non-hydrogen) atoms. The molecule has 0 amide bonds. The van der Waals surface area contributed by atoms with Crippen LogP contribution in [0.3, 0.4) is 0 Å². The molecule has 0 aliphatic carbocycles. The van der Waals surface area contributed by atoms with Crippen LogP contribution >= 0.6 is 0 Å². The first kappa shape index (κ1) is 18.8. The van der Waals surface area contributed by atoms with Crippen molar-refractivity contribution in [3.8, 4) is 5.75 Å². The van der Waals surface area contributed by atoms with Crippen LogP contribution in [0.4, 0.5) is 5.69 Å². The SMILES string of the molecule is COc1ccc(NC(N)=NCCC(C)N(C)Cc2ccccc2)cc1. The largest absolute Gasteiger partial charge is 0.497 e. The highest BCUT2D eigenvalue weighted by Crippen LogP contribution is 2.14. The lowest BCUT2D eigenvalue weighted by Crippen LogP contribution is -2.30.